The summed E-state index contributed by atoms with van der Waals surface area (Å²) < 4.78 is 5.60. The number of aldehydes is 1. The summed E-state index contributed by atoms with van der Waals surface area (Å²) in [4.78, 5) is 10.8. The Morgan fingerprint density at radius 1 is 1.50 bits per heavy atom. The fourth-order valence-electron chi connectivity index (χ4n) is 1.96. The van der Waals surface area contributed by atoms with Crippen LogP contribution < -0.4 is 5.73 Å². The first-order valence-electron chi connectivity index (χ1n) is 4.58. The lowest BCUT2D eigenvalue weighted by Crippen LogP contribution is -2.15. The van der Waals surface area contributed by atoms with Gasteiger partial charge >= 0.3 is 0 Å². The van der Waals surface area contributed by atoms with Gasteiger partial charge < -0.3 is 15.3 Å². The fourth-order valence-corrected chi connectivity index (χ4v) is 1.96. The molecule has 74 valence electrons. The van der Waals surface area contributed by atoms with Crippen LogP contribution in [0.4, 0.5) is 5.69 Å². The first kappa shape index (κ1) is 9.21. The number of carbonyl (C=O) groups is 1. The average Bonchev–Trinajstić information content (AvgIpc) is 2.40. The van der Waals surface area contributed by atoms with Gasteiger partial charge in [-0.1, -0.05) is 12.1 Å². The molecule has 0 saturated heterocycles. The molecule has 1 aromatic rings. The number of ether oxygens (including phenoxy) is 1. The van der Waals surface area contributed by atoms with Crippen molar-refractivity contribution < 1.29 is 9.53 Å². The predicted molar refractivity (Wildman–Crippen MR) is 53.8 cm³/mol. The van der Waals surface area contributed by atoms with E-state index >= 15 is 0 Å². The molecule has 0 saturated carbocycles. The van der Waals surface area contributed by atoms with E-state index in [0.717, 1.165) is 17.4 Å². The quantitative estimate of drug-likeness (QED) is 0.543. The van der Waals surface area contributed by atoms with Crippen molar-refractivity contribution in [1.82, 2.24) is 0 Å². The van der Waals surface area contributed by atoms with Crippen molar-refractivity contribution in [3.63, 3.8) is 0 Å². The lowest BCUT2D eigenvalue weighted by Gasteiger charge is -2.18. The number of rotatable bonds is 1. The molecule has 0 aromatic heterocycles. The second-order valence-corrected chi connectivity index (χ2v) is 3.99. The Kier molecular flexibility index (Phi) is 1.86. The summed E-state index contributed by atoms with van der Waals surface area (Å²) in [6, 6.07) is 5.63. The minimum absolute atomic E-state index is 0.420. The minimum atomic E-state index is -0.513. The monoisotopic (exact) mass is 191 g/mol. The molecular formula is C11H13NO2. The molecule has 0 radical (unpaired) electrons. The van der Waals surface area contributed by atoms with Crippen LogP contribution in [-0.4, -0.2) is 6.29 Å². The molecule has 0 fully saturated rings. The highest BCUT2D eigenvalue weighted by Gasteiger charge is 2.38. The third kappa shape index (κ3) is 1.13. The van der Waals surface area contributed by atoms with Gasteiger partial charge in [0.25, 0.3) is 0 Å². The number of hydrogen-bond acceptors (Lipinski definition) is 3. The molecule has 3 heteroatoms. The number of nitrogens with two attached hydrogens (primary N) is 1. The number of fused-ring (bicyclic) bond motifs is 1. The van der Waals surface area contributed by atoms with E-state index in [-0.39, 0.29) is 0 Å². The van der Waals surface area contributed by atoms with Gasteiger partial charge in [0, 0.05) is 11.3 Å². The molecule has 2 rings (SSSR count). The van der Waals surface area contributed by atoms with Gasteiger partial charge in [0.2, 0.25) is 0 Å². The van der Waals surface area contributed by atoms with Crippen LogP contribution in [0.3, 0.4) is 0 Å². The maximum Gasteiger partial charge on any atom is 0.153 e. The molecule has 1 aliphatic rings. The Hall–Kier alpha value is -1.35. The molecule has 0 amide bonds. The highest BCUT2D eigenvalue weighted by Crippen LogP contribution is 2.44. The van der Waals surface area contributed by atoms with Crippen LogP contribution in [0.2, 0.25) is 0 Å². The summed E-state index contributed by atoms with van der Waals surface area (Å²) in [5, 5.41) is 0. The van der Waals surface area contributed by atoms with Crippen molar-refractivity contribution in [1.29, 1.82) is 0 Å². The smallest absolute Gasteiger partial charge is 0.153 e. The molecule has 2 N–H and O–H groups in total. The van der Waals surface area contributed by atoms with E-state index in [1.54, 1.807) is 6.07 Å². The van der Waals surface area contributed by atoms with E-state index in [1.807, 2.05) is 26.0 Å². The average molecular weight is 191 g/mol. The van der Waals surface area contributed by atoms with Crippen LogP contribution >= 0.6 is 0 Å². The van der Waals surface area contributed by atoms with E-state index in [4.69, 9.17) is 10.5 Å². The van der Waals surface area contributed by atoms with Crippen LogP contribution in [0.15, 0.2) is 18.2 Å². The second-order valence-electron chi connectivity index (χ2n) is 3.99. The predicted octanol–water partition coefficient (Wildman–Crippen LogP) is 1.77. The van der Waals surface area contributed by atoms with E-state index in [2.05, 4.69) is 0 Å². The second kappa shape index (κ2) is 2.82. The topological polar surface area (TPSA) is 52.3 Å². The third-order valence-electron chi connectivity index (χ3n) is 2.62. The molecule has 0 aliphatic carbocycles. The van der Waals surface area contributed by atoms with Crippen molar-refractivity contribution in [3.05, 3.63) is 29.3 Å². The Morgan fingerprint density at radius 3 is 2.86 bits per heavy atom. The zero-order valence-corrected chi connectivity index (χ0v) is 8.28. The highest BCUT2D eigenvalue weighted by molar-refractivity contribution is 5.69. The molecule has 1 atom stereocenters. The van der Waals surface area contributed by atoms with Gasteiger partial charge in [-0.05, 0) is 25.5 Å². The summed E-state index contributed by atoms with van der Waals surface area (Å²) in [6.07, 6.45) is 0.283. The summed E-state index contributed by atoms with van der Waals surface area (Å²) >= 11 is 0. The van der Waals surface area contributed by atoms with Crippen LogP contribution in [0.25, 0.3) is 0 Å². The van der Waals surface area contributed by atoms with Crippen molar-refractivity contribution in [2.75, 3.05) is 5.73 Å². The van der Waals surface area contributed by atoms with Crippen molar-refractivity contribution >= 4 is 12.0 Å². The number of carbonyl (C=O) groups excluding carboxylic acids is 1. The molecule has 1 heterocycles. The van der Waals surface area contributed by atoms with Gasteiger partial charge in [-0.2, -0.15) is 0 Å². The largest absolute Gasteiger partial charge is 0.398 e. The number of hydrogen-bond donors (Lipinski definition) is 1. The Morgan fingerprint density at radius 2 is 2.21 bits per heavy atom. The first-order valence-corrected chi connectivity index (χ1v) is 4.58. The van der Waals surface area contributed by atoms with Crippen LogP contribution in [0.5, 0.6) is 0 Å². The van der Waals surface area contributed by atoms with Crippen LogP contribution in [-0.2, 0) is 15.1 Å². The minimum Gasteiger partial charge on any atom is -0.398 e. The summed E-state index contributed by atoms with van der Waals surface area (Å²) in [7, 11) is 0. The van der Waals surface area contributed by atoms with Gasteiger partial charge in [-0.25, -0.2) is 0 Å². The molecule has 3 nitrogen and oxygen atoms in total. The standard InChI is InChI=1S/C11H13NO2/c1-11(2)7-4-3-5-8(12)10(7)9(6-13)14-11/h3-6,9H,12H2,1-2H3. The van der Waals surface area contributed by atoms with Gasteiger partial charge in [0.05, 0.1) is 5.60 Å². The Bertz CT molecular complexity index is 385. The first-order chi connectivity index (χ1) is 6.56. The Balaban J connectivity index is 2.65. The number of benzene rings is 1. The molecule has 1 aliphatic heterocycles. The van der Waals surface area contributed by atoms with Gasteiger partial charge in [0.1, 0.15) is 6.10 Å². The summed E-state index contributed by atoms with van der Waals surface area (Å²) in [5.74, 6) is 0. The van der Waals surface area contributed by atoms with Crippen molar-refractivity contribution in [2.24, 2.45) is 0 Å². The molecule has 0 spiro atoms. The lowest BCUT2D eigenvalue weighted by atomic mass is 9.94. The molecule has 1 unspecified atom stereocenters. The SMILES string of the molecule is CC1(C)OC(C=O)c2c(N)cccc21. The summed E-state index contributed by atoms with van der Waals surface area (Å²) in [6.45, 7) is 3.88. The number of anilines is 1. The highest BCUT2D eigenvalue weighted by atomic mass is 16.5. The zero-order valence-electron chi connectivity index (χ0n) is 8.28. The van der Waals surface area contributed by atoms with Crippen molar-refractivity contribution in [3.8, 4) is 0 Å². The van der Waals surface area contributed by atoms with Crippen LogP contribution in [0.1, 0.15) is 31.1 Å². The maximum absolute atomic E-state index is 10.8. The maximum atomic E-state index is 10.8. The third-order valence-corrected chi connectivity index (χ3v) is 2.62. The van der Waals surface area contributed by atoms with E-state index in [0.29, 0.717) is 5.69 Å². The van der Waals surface area contributed by atoms with E-state index in [9.17, 15) is 4.79 Å². The molecule has 0 bridgehead atoms. The van der Waals surface area contributed by atoms with Gasteiger partial charge in [0.15, 0.2) is 6.29 Å². The normalized spacial score (nSPS) is 23.1. The van der Waals surface area contributed by atoms with Gasteiger partial charge in [-0.3, -0.25) is 0 Å². The summed E-state index contributed by atoms with van der Waals surface area (Å²) in [5.41, 5.74) is 7.86. The zero-order chi connectivity index (χ0) is 10.3. The lowest BCUT2D eigenvalue weighted by molar-refractivity contribution is -0.126. The van der Waals surface area contributed by atoms with E-state index < -0.39 is 11.7 Å². The molecular weight excluding hydrogens is 178 g/mol. The fraction of sp³-hybridized carbons (Fsp3) is 0.364. The number of nitrogen functional groups attached to an aromatic ring is 1. The Labute approximate surface area is 82.9 Å². The van der Waals surface area contributed by atoms with Crippen molar-refractivity contribution in [2.45, 2.75) is 25.6 Å². The molecule has 14 heavy (non-hydrogen) atoms. The van der Waals surface area contributed by atoms with Gasteiger partial charge in [-0.15, -0.1) is 0 Å². The molecule has 1 aromatic carbocycles. The van der Waals surface area contributed by atoms with E-state index in [1.165, 1.54) is 0 Å². The van der Waals surface area contributed by atoms with Crippen LogP contribution in [0, 0.1) is 0 Å².